The van der Waals surface area contributed by atoms with Crippen LogP contribution in [0, 0.1) is 11.8 Å². The quantitative estimate of drug-likeness (QED) is 0.369. The molecule has 2 N–H and O–H groups in total. The van der Waals surface area contributed by atoms with Gasteiger partial charge in [-0.3, -0.25) is 14.9 Å². The number of nitrogens with one attached hydrogen (secondary N) is 2. The molecule has 0 aromatic carbocycles. The third-order valence-electron chi connectivity index (χ3n) is 6.68. The Labute approximate surface area is 187 Å². The summed E-state index contributed by atoms with van der Waals surface area (Å²) in [5, 5.41) is 7.38. The molecule has 156 valence electrons. The monoisotopic (exact) mass is 497 g/mol. The van der Waals surface area contributed by atoms with Crippen LogP contribution in [0.1, 0.15) is 57.1 Å². The van der Waals surface area contributed by atoms with Gasteiger partial charge in [0.05, 0.1) is 5.69 Å². The molecule has 1 saturated heterocycles. The summed E-state index contributed by atoms with van der Waals surface area (Å²) < 4.78 is 0. The molecule has 4 rings (SSSR count). The van der Waals surface area contributed by atoms with Crippen LogP contribution in [0.5, 0.6) is 0 Å². The minimum atomic E-state index is 0. The summed E-state index contributed by atoms with van der Waals surface area (Å²) in [6.07, 6.45) is 12.8. The maximum atomic E-state index is 4.50. The van der Waals surface area contributed by atoms with E-state index in [9.17, 15) is 0 Å². The van der Waals surface area contributed by atoms with Gasteiger partial charge < -0.3 is 10.6 Å². The van der Waals surface area contributed by atoms with Crippen LogP contribution in [0.4, 0.5) is 0 Å². The molecule has 0 bridgehead atoms. The maximum absolute atomic E-state index is 4.50. The zero-order chi connectivity index (χ0) is 18.5. The average molecular weight is 497 g/mol. The number of aromatic nitrogens is 1. The van der Waals surface area contributed by atoms with Crippen molar-refractivity contribution in [3.8, 4) is 0 Å². The van der Waals surface area contributed by atoms with Crippen molar-refractivity contribution in [2.45, 2.75) is 70.0 Å². The van der Waals surface area contributed by atoms with Gasteiger partial charge in [0.15, 0.2) is 5.96 Å². The molecule has 0 radical (unpaired) electrons. The van der Waals surface area contributed by atoms with Crippen molar-refractivity contribution in [3.63, 3.8) is 0 Å². The lowest BCUT2D eigenvalue weighted by Gasteiger charge is -2.33. The van der Waals surface area contributed by atoms with Crippen molar-refractivity contribution >= 4 is 29.9 Å². The van der Waals surface area contributed by atoms with Crippen molar-refractivity contribution in [1.82, 2.24) is 20.5 Å². The van der Waals surface area contributed by atoms with Gasteiger partial charge in [-0.2, -0.15) is 0 Å². The normalized spacial score (nSPS) is 27.1. The van der Waals surface area contributed by atoms with Crippen LogP contribution >= 0.6 is 24.0 Å². The van der Waals surface area contributed by atoms with Crippen LogP contribution in [-0.4, -0.2) is 48.1 Å². The fraction of sp³-hybridized carbons (Fsp3) is 0.727. The van der Waals surface area contributed by atoms with E-state index in [4.69, 9.17) is 0 Å². The lowest BCUT2D eigenvalue weighted by Crippen LogP contribution is -2.49. The summed E-state index contributed by atoms with van der Waals surface area (Å²) in [5.74, 6) is 2.87. The molecule has 28 heavy (non-hydrogen) atoms. The Morgan fingerprint density at radius 2 is 1.89 bits per heavy atom. The SMILES string of the molecule is CN=C(NC1CCN(Cc2ccccn2)CC1)NC1CC1C1CCCCC1.I. The van der Waals surface area contributed by atoms with E-state index >= 15 is 0 Å². The van der Waals surface area contributed by atoms with Crippen LogP contribution in [0.15, 0.2) is 29.4 Å². The number of halogens is 1. The highest BCUT2D eigenvalue weighted by Crippen LogP contribution is 2.44. The van der Waals surface area contributed by atoms with Gasteiger partial charge in [0.2, 0.25) is 0 Å². The van der Waals surface area contributed by atoms with E-state index in [1.165, 1.54) is 57.1 Å². The summed E-state index contributed by atoms with van der Waals surface area (Å²) in [5.41, 5.74) is 1.17. The number of pyridine rings is 1. The first-order valence-corrected chi connectivity index (χ1v) is 10.9. The Hall–Kier alpha value is -0.890. The van der Waals surface area contributed by atoms with Crippen molar-refractivity contribution in [1.29, 1.82) is 0 Å². The lowest BCUT2D eigenvalue weighted by atomic mass is 9.85. The van der Waals surface area contributed by atoms with E-state index in [1.54, 1.807) is 0 Å². The van der Waals surface area contributed by atoms with Crippen LogP contribution < -0.4 is 10.6 Å². The van der Waals surface area contributed by atoms with E-state index in [0.717, 1.165) is 37.4 Å². The predicted octanol–water partition coefficient (Wildman–Crippen LogP) is 3.80. The van der Waals surface area contributed by atoms with Crippen molar-refractivity contribution < 1.29 is 0 Å². The molecular formula is C22H36IN5. The maximum Gasteiger partial charge on any atom is 0.191 e. The largest absolute Gasteiger partial charge is 0.354 e. The number of guanidine groups is 1. The van der Waals surface area contributed by atoms with E-state index in [2.05, 4.69) is 37.6 Å². The molecule has 2 atom stereocenters. The highest BCUT2D eigenvalue weighted by molar-refractivity contribution is 14.0. The Morgan fingerprint density at radius 3 is 2.57 bits per heavy atom. The van der Waals surface area contributed by atoms with Crippen LogP contribution in [0.2, 0.25) is 0 Å². The van der Waals surface area contributed by atoms with Gasteiger partial charge in [0.1, 0.15) is 0 Å². The highest BCUT2D eigenvalue weighted by atomic mass is 127. The standard InChI is InChI=1S/C22H35N5.HI/c1-23-22(26-21-15-20(21)17-7-3-2-4-8-17)25-18-10-13-27(14-11-18)16-19-9-5-6-12-24-19;/h5-6,9,12,17-18,20-21H,2-4,7-8,10-11,13-16H2,1H3,(H2,23,25,26);1H. The first kappa shape index (κ1) is 21.8. The van der Waals surface area contributed by atoms with Gasteiger partial charge in [-0.25, -0.2) is 0 Å². The first-order chi connectivity index (χ1) is 13.3. The average Bonchev–Trinajstić information content (AvgIpc) is 3.49. The Morgan fingerprint density at radius 1 is 1.11 bits per heavy atom. The lowest BCUT2D eigenvalue weighted by molar-refractivity contribution is 0.196. The minimum absolute atomic E-state index is 0. The van der Waals surface area contributed by atoms with E-state index < -0.39 is 0 Å². The second-order valence-electron chi connectivity index (χ2n) is 8.64. The molecule has 2 heterocycles. The van der Waals surface area contributed by atoms with Gasteiger partial charge in [0.25, 0.3) is 0 Å². The molecule has 1 aliphatic heterocycles. The number of hydrogen-bond acceptors (Lipinski definition) is 3. The Balaban J connectivity index is 0.00000225. The molecule has 1 aromatic heterocycles. The summed E-state index contributed by atoms with van der Waals surface area (Å²) in [6.45, 7) is 3.21. The summed E-state index contributed by atoms with van der Waals surface area (Å²) in [7, 11) is 1.91. The topological polar surface area (TPSA) is 52.6 Å². The van der Waals surface area contributed by atoms with E-state index in [1.807, 2.05) is 19.3 Å². The summed E-state index contributed by atoms with van der Waals surface area (Å²) >= 11 is 0. The van der Waals surface area contributed by atoms with E-state index in [0.29, 0.717) is 12.1 Å². The smallest absolute Gasteiger partial charge is 0.191 e. The number of rotatable bonds is 5. The Kier molecular flexibility index (Phi) is 8.38. The third-order valence-corrected chi connectivity index (χ3v) is 6.68. The first-order valence-electron chi connectivity index (χ1n) is 10.9. The second-order valence-corrected chi connectivity index (χ2v) is 8.64. The molecule has 3 aliphatic rings. The minimum Gasteiger partial charge on any atom is -0.354 e. The van der Waals surface area contributed by atoms with Crippen LogP contribution in [0.3, 0.4) is 0 Å². The molecule has 5 nitrogen and oxygen atoms in total. The molecule has 2 unspecified atom stereocenters. The fourth-order valence-electron chi connectivity index (χ4n) is 4.96. The van der Waals surface area contributed by atoms with Gasteiger partial charge in [-0.05, 0) is 43.2 Å². The Bertz CT molecular complexity index is 609. The van der Waals surface area contributed by atoms with Gasteiger partial charge in [0, 0.05) is 45.0 Å². The van der Waals surface area contributed by atoms with Crippen molar-refractivity contribution in [2.24, 2.45) is 16.8 Å². The molecule has 1 aromatic rings. The van der Waals surface area contributed by atoms with Crippen LogP contribution in [-0.2, 0) is 6.54 Å². The fourth-order valence-corrected chi connectivity index (χ4v) is 4.96. The third kappa shape index (κ3) is 6.05. The van der Waals surface area contributed by atoms with Crippen molar-refractivity contribution in [2.75, 3.05) is 20.1 Å². The number of nitrogens with zero attached hydrogens (tertiary/aromatic N) is 3. The van der Waals surface area contributed by atoms with Crippen LogP contribution in [0.25, 0.3) is 0 Å². The molecule has 2 saturated carbocycles. The highest BCUT2D eigenvalue weighted by Gasteiger charge is 2.43. The van der Waals surface area contributed by atoms with Crippen molar-refractivity contribution in [3.05, 3.63) is 30.1 Å². The molecular weight excluding hydrogens is 461 g/mol. The molecule has 0 spiro atoms. The second kappa shape index (κ2) is 10.8. The van der Waals surface area contributed by atoms with Gasteiger partial charge in [-0.15, -0.1) is 24.0 Å². The number of hydrogen-bond donors (Lipinski definition) is 2. The van der Waals surface area contributed by atoms with E-state index in [-0.39, 0.29) is 24.0 Å². The summed E-state index contributed by atoms with van der Waals surface area (Å²) in [4.78, 5) is 11.5. The van der Waals surface area contributed by atoms with Gasteiger partial charge in [-0.1, -0.05) is 38.2 Å². The predicted molar refractivity (Wildman–Crippen MR) is 126 cm³/mol. The molecule has 2 aliphatic carbocycles. The van der Waals surface area contributed by atoms with Gasteiger partial charge >= 0.3 is 0 Å². The summed E-state index contributed by atoms with van der Waals surface area (Å²) in [6, 6.07) is 7.36. The zero-order valence-corrected chi connectivity index (χ0v) is 19.5. The number of likely N-dealkylation sites (tertiary alicyclic amines) is 1. The molecule has 0 amide bonds. The number of piperidine rings is 1. The zero-order valence-electron chi connectivity index (χ0n) is 17.1. The molecule has 6 heteroatoms. The molecule has 3 fully saturated rings. The number of aliphatic imine (C=N–C) groups is 1.